The molecule has 0 N–H and O–H groups in total. The van der Waals surface area contributed by atoms with Gasteiger partial charge in [-0.25, -0.2) is 9.79 Å². The number of carbonyl (C=O) groups is 1. The Hall–Kier alpha value is -1.12. The van der Waals surface area contributed by atoms with E-state index in [-0.39, 0.29) is 5.97 Å². The van der Waals surface area contributed by atoms with Gasteiger partial charge in [0, 0.05) is 0 Å². The molecule has 0 bridgehead atoms. The first kappa shape index (κ1) is 6.01. The van der Waals surface area contributed by atoms with Crippen LogP contribution in [0.5, 0.6) is 0 Å². The second-order valence-corrected chi connectivity index (χ2v) is 1.91. The molecule has 0 fully saturated rings. The number of ether oxygens (including phenoxy) is 1. The highest BCUT2D eigenvalue weighted by atomic mass is 16.6. The molecule has 0 aromatic carbocycles. The van der Waals surface area contributed by atoms with Crippen molar-refractivity contribution < 1.29 is 9.53 Å². The first-order valence-corrected chi connectivity index (χ1v) is 2.59. The van der Waals surface area contributed by atoms with Crippen molar-refractivity contribution in [3.8, 4) is 0 Å². The summed E-state index contributed by atoms with van der Waals surface area (Å²) in [6.45, 7) is 5.35. The Morgan fingerprint density at radius 1 is 2.00 bits per heavy atom. The van der Waals surface area contributed by atoms with Gasteiger partial charge in [-0.15, -0.1) is 0 Å². The van der Waals surface area contributed by atoms with E-state index in [1.165, 1.54) is 6.21 Å². The Morgan fingerprint density at radius 2 is 2.67 bits per heavy atom. The number of esters is 1. The maximum atomic E-state index is 10.3. The van der Waals surface area contributed by atoms with Crippen molar-refractivity contribution in [3.63, 3.8) is 0 Å². The fourth-order valence-corrected chi connectivity index (χ4v) is 0.527. The first-order chi connectivity index (χ1) is 4.20. The van der Waals surface area contributed by atoms with Gasteiger partial charge < -0.3 is 4.74 Å². The molecule has 1 aliphatic rings. The summed E-state index contributed by atoms with van der Waals surface area (Å²) in [5.41, 5.74) is 0.747. The molecule has 0 amide bonds. The summed E-state index contributed by atoms with van der Waals surface area (Å²) in [5.74, 6) is -0.386. The van der Waals surface area contributed by atoms with Crippen LogP contribution in [0.3, 0.4) is 0 Å². The van der Waals surface area contributed by atoms with Crippen LogP contribution in [0.2, 0.25) is 0 Å². The van der Waals surface area contributed by atoms with E-state index in [0.717, 1.165) is 5.57 Å². The lowest BCUT2D eigenvalue weighted by Crippen LogP contribution is -2.07. The van der Waals surface area contributed by atoms with Gasteiger partial charge in [0.1, 0.15) is 6.21 Å². The number of rotatable bonds is 1. The fourth-order valence-electron chi connectivity index (χ4n) is 0.527. The Bertz CT molecular complexity index is 183. The molecular weight excluding hydrogens is 118 g/mol. The van der Waals surface area contributed by atoms with Crippen LogP contribution in [-0.4, -0.2) is 18.4 Å². The molecule has 1 heterocycles. The topological polar surface area (TPSA) is 38.7 Å². The molecule has 1 unspecified atom stereocenters. The predicted octanol–water partition coefficient (Wildman–Crippen LogP) is 0.516. The number of hydrogen-bond donors (Lipinski definition) is 0. The van der Waals surface area contributed by atoms with Gasteiger partial charge in [-0.3, -0.25) is 0 Å². The first-order valence-electron chi connectivity index (χ1n) is 2.59. The maximum absolute atomic E-state index is 10.3. The van der Waals surface area contributed by atoms with Crippen molar-refractivity contribution in [1.29, 1.82) is 0 Å². The highest BCUT2D eigenvalue weighted by molar-refractivity contribution is 6.24. The largest absolute Gasteiger partial charge is 0.431 e. The zero-order valence-electron chi connectivity index (χ0n) is 5.13. The zero-order chi connectivity index (χ0) is 6.85. The van der Waals surface area contributed by atoms with Gasteiger partial charge >= 0.3 is 5.97 Å². The summed E-state index contributed by atoms with van der Waals surface area (Å²) in [6, 6.07) is 0. The average molecular weight is 125 g/mol. The van der Waals surface area contributed by atoms with E-state index in [0.29, 0.717) is 0 Å². The molecule has 0 aromatic heterocycles. The Kier molecular flexibility index (Phi) is 1.34. The average Bonchev–Trinajstić information content (AvgIpc) is 2.14. The third kappa shape index (κ3) is 1.16. The smallest absolute Gasteiger partial charge is 0.351 e. The summed E-state index contributed by atoms with van der Waals surface area (Å²) in [6.07, 6.45) is 0.733. The van der Waals surface area contributed by atoms with Crippen molar-refractivity contribution in [2.24, 2.45) is 4.99 Å². The van der Waals surface area contributed by atoms with Gasteiger partial charge in [-0.2, -0.15) is 0 Å². The van der Waals surface area contributed by atoms with E-state index in [1.54, 1.807) is 6.92 Å². The minimum Gasteiger partial charge on any atom is -0.431 e. The molecule has 0 aromatic rings. The van der Waals surface area contributed by atoms with Crippen molar-refractivity contribution >= 4 is 12.2 Å². The molecule has 1 atom stereocenters. The Balaban J connectivity index is 2.60. The van der Waals surface area contributed by atoms with Gasteiger partial charge in [-0.1, -0.05) is 6.58 Å². The monoisotopic (exact) mass is 125 g/mol. The van der Waals surface area contributed by atoms with Crippen LogP contribution in [0.25, 0.3) is 0 Å². The normalized spacial score (nSPS) is 24.1. The van der Waals surface area contributed by atoms with Gasteiger partial charge in [0.05, 0.1) is 0 Å². The summed E-state index contributed by atoms with van der Waals surface area (Å²) >= 11 is 0. The van der Waals surface area contributed by atoms with E-state index in [9.17, 15) is 4.79 Å². The van der Waals surface area contributed by atoms with E-state index < -0.39 is 6.23 Å². The van der Waals surface area contributed by atoms with E-state index in [2.05, 4.69) is 16.3 Å². The van der Waals surface area contributed by atoms with Gasteiger partial charge in [0.25, 0.3) is 0 Å². The highest BCUT2D eigenvalue weighted by Gasteiger charge is 2.17. The van der Waals surface area contributed by atoms with Crippen LogP contribution in [0.4, 0.5) is 0 Å². The minimum atomic E-state index is -0.433. The SMILES string of the molecule is C=C(C)C1N=CC(=O)O1. The molecule has 9 heavy (non-hydrogen) atoms. The summed E-state index contributed by atoms with van der Waals surface area (Å²) in [5, 5.41) is 0. The maximum Gasteiger partial charge on any atom is 0.351 e. The van der Waals surface area contributed by atoms with Gasteiger partial charge in [0.15, 0.2) is 0 Å². The van der Waals surface area contributed by atoms with Crippen LogP contribution in [0.15, 0.2) is 17.1 Å². The third-order valence-corrected chi connectivity index (χ3v) is 0.965. The van der Waals surface area contributed by atoms with Crippen molar-refractivity contribution in [2.45, 2.75) is 13.2 Å². The van der Waals surface area contributed by atoms with Gasteiger partial charge in [-0.05, 0) is 12.5 Å². The Morgan fingerprint density at radius 3 is 2.89 bits per heavy atom. The summed E-state index contributed by atoms with van der Waals surface area (Å²) in [4.78, 5) is 14.1. The Labute approximate surface area is 53.0 Å². The fraction of sp³-hybridized carbons (Fsp3) is 0.333. The second-order valence-electron chi connectivity index (χ2n) is 1.91. The standard InChI is InChI=1S/C6H7NO2/c1-4(2)6-7-3-5(8)9-6/h3,6H,1H2,2H3. The van der Waals surface area contributed by atoms with E-state index in [4.69, 9.17) is 0 Å². The lowest BCUT2D eigenvalue weighted by molar-refractivity contribution is -0.135. The van der Waals surface area contributed by atoms with Crippen LogP contribution >= 0.6 is 0 Å². The summed E-state index contributed by atoms with van der Waals surface area (Å²) < 4.78 is 4.66. The molecule has 0 aliphatic carbocycles. The molecular formula is C6H7NO2. The molecule has 0 radical (unpaired) electrons. The van der Waals surface area contributed by atoms with Crippen molar-refractivity contribution in [1.82, 2.24) is 0 Å². The summed E-state index contributed by atoms with van der Waals surface area (Å²) in [7, 11) is 0. The van der Waals surface area contributed by atoms with Crippen molar-refractivity contribution in [3.05, 3.63) is 12.2 Å². The number of cyclic esters (lactones) is 1. The molecule has 3 heteroatoms. The lowest BCUT2D eigenvalue weighted by Gasteiger charge is -2.03. The van der Waals surface area contributed by atoms with Crippen LogP contribution in [0, 0.1) is 0 Å². The zero-order valence-corrected chi connectivity index (χ0v) is 5.13. The van der Waals surface area contributed by atoms with Gasteiger partial charge in [0.2, 0.25) is 6.23 Å². The molecule has 0 saturated heterocycles. The number of hydrogen-bond acceptors (Lipinski definition) is 3. The molecule has 3 nitrogen and oxygen atoms in total. The highest BCUT2D eigenvalue weighted by Crippen LogP contribution is 2.08. The van der Waals surface area contributed by atoms with Crippen LogP contribution in [-0.2, 0) is 9.53 Å². The van der Waals surface area contributed by atoms with Crippen LogP contribution in [0.1, 0.15) is 6.92 Å². The molecule has 0 saturated carbocycles. The number of nitrogens with zero attached hydrogens (tertiary/aromatic N) is 1. The van der Waals surface area contributed by atoms with Crippen LogP contribution < -0.4 is 0 Å². The van der Waals surface area contributed by atoms with E-state index in [1.807, 2.05) is 0 Å². The quantitative estimate of drug-likeness (QED) is 0.378. The third-order valence-electron chi connectivity index (χ3n) is 0.965. The predicted molar refractivity (Wildman–Crippen MR) is 33.2 cm³/mol. The molecule has 1 aliphatic heterocycles. The number of aliphatic imine (C=N–C) groups is 1. The minimum absolute atomic E-state index is 0.386. The number of carbonyl (C=O) groups excluding carboxylic acids is 1. The van der Waals surface area contributed by atoms with Crippen molar-refractivity contribution in [2.75, 3.05) is 0 Å². The second kappa shape index (κ2) is 2.01. The molecule has 48 valence electrons. The molecule has 0 spiro atoms. The molecule has 1 rings (SSSR count). The lowest BCUT2D eigenvalue weighted by atomic mass is 10.3. The van der Waals surface area contributed by atoms with E-state index >= 15 is 0 Å².